The minimum absolute atomic E-state index is 0.106. The zero-order valence-corrected chi connectivity index (χ0v) is 16.7. The average molecular weight is 374 g/mol. The number of benzene rings is 2. The van der Waals surface area contributed by atoms with Crippen molar-refractivity contribution in [1.29, 1.82) is 0 Å². The molecule has 0 fully saturated rings. The van der Waals surface area contributed by atoms with Crippen molar-refractivity contribution >= 4 is 5.84 Å². The van der Waals surface area contributed by atoms with Gasteiger partial charge in [0.25, 0.3) is 0 Å². The Kier molecular flexibility index (Phi) is 4.95. The Balaban J connectivity index is 1.72. The summed E-state index contributed by atoms with van der Waals surface area (Å²) in [5.74, 6) is 1.32. The molecule has 1 N–H and O–H groups in total. The van der Waals surface area contributed by atoms with Crippen molar-refractivity contribution in [3.8, 4) is 11.1 Å². The van der Waals surface area contributed by atoms with E-state index in [0.29, 0.717) is 6.04 Å². The SMILES string of the molecule is CC(C1=NC=C(O)C2=CN(C(C)C)CCN21)c1ccccc1-c1ccccc1. The summed E-state index contributed by atoms with van der Waals surface area (Å²) in [7, 11) is 0. The van der Waals surface area contributed by atoms with E-state index in [1.807, 2.05) is 6.07 Å². The number of hydrogen-bond donors (Lipinski definition) is 1. The maximum Gasteiger partial charge on any atom is 0.159 e. The molecular formula is C24H27N3O. The predicted molar refractivity (Wildman–Crippen MR) is 115 cm³/mol. The highest BCUT2D eigenvalue weighted by Gasteiger charge is 2.31. The van der Waals surface area contributed by atoms with E-state index < -0.39 is 0 Å². The van der Waals surface area contributed by atoms with Gasteiger partial charge in [-0.25, -0.2) is 4.99 Å². The van der Waals surface area contributed by atoms with Gasteiger partial charge in [0.1, 0.15) is 11.5 Å². The van der Waals surface area contributed by atoms with Gasteiger partial charge in [-0.3, -0.25) is 0 Å². The molecule has 0 spiro atoms. The summed E-state index contributed by atoms with van der Waals surface area (Å²) in [6.07, 6.45) is 3.65. The first kappa shape index (κ1) is 18.4. The second-order valence-corrected chi connectivity index (χ2v) is 7.67. The molecule has 2 aliphatic heterocycles. The van der Waals surface area contributed by atoms with Crippen LogP contribution in [0.4, 0.5) is 0 Å². The van der Waals surface area contributed by atoms with Crippen LogP contribution >= 0.6 is 0 Å². The molecule has 1 unspecified atom stereocenters. The normalized spacial score (nSPS) is 17.6. The lowest BCUT2D eigenvalue weighted by Crippen LogP contribution is -2.46. The van der Waals surface area contributed by atoms with E-state index >= 15 is 0 Å². The summed E-state index contributed by atoms with van der Waals surface area (Å²) in [4.78, 5) is 9.08. The summed E-state index contributed by atoms with van der Waals surface area (Å²) in [6.45, 7) is 8.27. The summed E-state index contributed by atoms with van der Waals surface area (Å²) in [6, 6.07) is 19.4. The van der Waals surface area contributed by atoms with Crippen LogP contribution in [0.2, 0.25) is 0 Å². The molecule has 1 atom stereocenters. The molecule has 0 bridgehead atoms. The van der Waals surface area contributed by atoms with Gasteiger partial charge in [-0.2, -0.15) is 0 Å². The van der Waals surface area contributed by atoms with Crippen LogP contribution in [-0.4, -0.2) is 39.9 Å². The van der Waals surface area contributed by atoms with Crippen molar-refractivity contribution in [2.75, 3.05) is 13.1 Å². The van der Waals surface area contributed by atoms with Crippen molar-refractivity contribution in [2.24, 2.45) is 4.99 Å². The number of aliphatic imine (C=N–C) groups is 1. The van der Waals surface area contributed by atoms with Crippen LogP contribution in [0.25, 0.3) is 11.1 Å². The lowest BCUT2D eigenvalue weighted by Gasteiger charge is -2.41. The Bertz CT molecular complexity index is 943. The third kappa shape index (κ3) is 3.31. The first-order chi connectivity index (χ1) is 13.6. The van der Waals surface area contributed by atoms with Gasteiger partial charge in [0.05, 0.1) is 6.20 Å². The third-order valence-electron chi connectivity index (χ3n) is 5.58. The Morgan fingerprint density at radius 2 is 1.64 bits per heavy atom. The summed E-state index contributed by atoms with van der Waals surface area (Å²) < 4.78 is 0. The number of amidine groups is 1. The fraction of sp³-hybridized carbons (Fsp3) is 0.292. The van der Waals surface area contributed by atoms with Gasteiger partial charge in [0, 0.05) is 31.2 Å². The van der Waals surface area contributed by atoms with Crippen LogP contribution in [0.1, 0.15) is 32.3 Å². The van der Waals surface area contributed by atoms with Gasteiger partial charge in [-0.15, -0.1) is 0 Å². The molecule has 0 aliphatic carbocycles. The number of nitrogens with zero attached hydrogens (tertiary/aromatic N) is 3. The molecule has 2 heterocycles. The van der Waals surface area contributed by atoms with Gasteiger partial charge in [0.15, 0.2) is 5.76 Å². The van der Waals surface area contributed by atoms with E-state index in [9.17, 15) is 5.11 Å². The second kappa shape index (κ2) is 7.55. The molecule has 2 aliphatic rings. The van der Waals surface area contributed by atoms with Gasteiger partial charge >= 0.3 is 0 Å². The maximum atomic E-state index is 10.4. The van der Waals surface area contributed by atoms with E-state index in [4.69, 9.17) is 0 Å². The molecule has 0 saturated heterocycles. The third-order valence-corrected chi connectivity index (χ3v) is 5.58. The standard InChI is InChI=1S/C24H27N3O/c1-17(2)26-13-14-27-22(16-26)23(28)15-25-24(27)18(3)20-11-7-8-12-21(20)19-9-5-4-6-10-19/h4-12,15-18,28H,13-14H2,1-3H3. The van der Waals surface area contributed by atoms with Gasteiger partial charge < -0.3 is 14.9 Å². The Morgan fingerprint density at radius 1 is 0.929 bits per heavy atom. The van der Waals surface area contributed by atoms with Gasteiger partial charge in [-0.05, 0) is 30.5 Å². The van der Waals surface area contributed by atoms with Crippen molar-refractivity contribution in [2.45, 2.75) is 32.7 Å². The summed E-state index contributed by atoms with van der Waals surface area (Å²) in [5.41, 5.74) is 4.52. The Morgan fingerprint density at radius 3 is 2.39 bits per heavy atom. The molecule has 4 rings (SSSR count). The van der Waals surface area contributed by atoms with Crippen LogP contribution in [-0.2, 0) is 0 Å². The Labute approximate surface area is 167 Å². The smallest absolute Gasteiger partial charge is 0.159 e. The topological polar surface area (TPSA) is 39.1 Å². The van der Waals surface area contributed by atoms with E-state index in [0.717, 1.165) is 24.6 Å². The number of rotatable bonds is 4. The van der Waals surface area contributed by atoms with E-state index in [1.165, 1.54) is 16.7 Å². The first-order valence-corrected chi connectivity index (χ1v) is 9.93. The summed E-state index contributed by atoms with van der Waals surface area (Å²) in [5, 5.41) is 10.4. The number of fused-ring (bicyclic) bond motifs is 1. The molecule has 28 heavy (non-hydrogen) atoms. The lowest BCUT2D eigenvalue weighted by atomic mass is 9.90. The van der Waals surface area contributed by atoms with Gasteiger partial charge in [-0.1, -0.05) is 61.5 Å². The van der Waals surface area contributed by atoms with Crippen LogP contribution < -0.4 is 0 Å². The highest BCUT2D eigenvalue weighted by molar-refractivity contribution is 5.93. The average Bonchev–Trinajstić information content (AvgIpc) is 2.74. The molecule has 0 aromatic heterocycles. The van der Waals surface area contributed by atoms with E-state index in [1.54, 1.807) is 6.20 Å². The zero-order valence-electron chi connectivity index (χ0n) is 16.7. The molecule has 4 heteroatoms. The maximum absolute atomic E-state index is 10.4. The second-order valence-electron chi connectivity index (χ2n) is 7.67. The quantitative estimate of drug-likeness (QED) is 0.807. The minimum atomic E-state index is 0.106. The Hall–Kier alpha value is -3.01. The van der Waals surface area contributed by atoms with Crippen molar-refractivity contribution in [3.63, 3.8) is 0 Å². The first-order valence-electron chi connectivity index (χ1n) is 9.93. The molecule has 144 valence electrons. The molecule has 2 aromatic carbocycles. The molecule has 0 radical (unpaired) electrons. The monoisotopic (exact) mass is 373 g/mol. The fourth-order valence-electron chi connectivity index (χ4n) is 3.98. The molecule has 2 aromatic rings. The van der Waals surface area contributed by atoms with Crippen LogP contribution in [0.3, 0.4) is 0 Å². The molecule has 0 amide bonds. The zero-order chi connectivity index (χ0) is 19.7. The van der Waals surface area contributed by atoms with Crippen LogP contribution in [0.5, 0.6) is 0 Å². The number of aliphatic hydroxyl groups is 1. The molecular weight excluding hydrogens is 346 g/mol. The molecule has 0 saturated carbocycles. The fourth-order valence-corrected chi connectivity index (χ4v) is 3.98. The lowest BCUT2D eigenvalue weighted by molar-refractivity contribution is 0.241. The number of hydrogen-bond acceptors (Lipinski definition) is 4. The highest BCUT2D eigenvalue weighted by Crippen LogP contribution is 2.34. The molecule has 4 nitrogen and oxygen atoms in total. The largest absolute Gasteiger partial charge is 0.504 e. The highest BCUT2D eigenvalue weighted by atomic mass is 16.3. The summed E-state index contributed by atoms with van der Waals surface area (Å²) >= 11 is 0. The van der Waals surface area contributed by atoms with Gasteiger partial charge in [0.2, 0.25) is 0 Å². The van der Waals surface area contributed by atoms with E-state index in [-0.39, 0.29) is 11.7 Å². The van der Waals surface area contributed by atoms with Crippen LogP contribution in [0, 0.1) is 0 Å². The minimum Gasteiger partial charge on any atom is -0.504 e. The number of aliphatic hydroxyl groups excluding tert-OH is 1. The predicted octanol–water partition coefficient (Wildman–Crippen LogP) is 5.14. The van der Waals surface area contributed by atoms with Crippen LogP contribution in [0.15, 0.2) is 83.4 Å². The van der Waals surface area contributed by atoms with Crippen molar-refractivity contribution in [3.05, 3.63) is 84.0 Å². The van der Waals surface area contributed by atoms with Crippen molar-refractivity contribution < 1.29 is 5.11 Å². The van der Waals surface area contributed by atoms with Crippen molar-refractivity contribution in [1.82, 2.24) is 9.80 Å². The van der Waals surface area contributed by atoms with E-state index in [2.05, 4.69) is 90.3 Å².